The summed E-state index contributed by atoms with van der Waals surface area (Å²) in [5, 5.41) is 9.38. The van der Waals surface area contributed by atoms with Gasteiger partial charge in [0.25, 0.3) is 0 Å². The van der Waals surface area contributed by atoms with Gasteiger partial charge in [0, 0.05) is 11.9 Å². The van der Waals surface area contributed by atoms with Crippen molar-refractivity contribution in [1.29, 1.82) is 0 Å². The van der Waals surface area contributed by atoms with Crippen LogP contribution in [-0.2, 0) is 11.2 Å². The number of rotatable bonds is 4. The van der Waals surface area contributed by atoms with Gasteiger partial charge < -0.3 is 14.8 Å². The molecule has 0 radical (unpaired) electrons. The Morgan fingerprint density at radius 1 is 1.35 bits per heavy atom. The molecule has 2 aromatic rings. The molecule has 1 unspecified atom stereocenters. The molecular formula is C14H15N3O3. The van der Waals surface area contributed by atoms with Crippen molar-refractivity contribution in [3.05, 3.63) is 42.2 Å². The number of H-pyrrole nitrogens is 1. The smallest absolute Gasteiger partial charge is 0.226 e. The van der Waals surface area contributed by atoms with Crippen LogP contribution in [0.15, 0.2) is 36.5 Å². The summed E-state index contributed by atoms with van der Waals surface area (Å²) in [4.78, 5) is 11.7. The van der Waals surface area contributed by atoms with E-state index in [0.29, 0.717) is 18.9 Å². The lowest BCUT2D eigenvalue weighted by Gasteiger charge is -2.26. The molecule has 104 valence electrons. The van der Waals surface area contributed by atoms with Gasteiger partial charge in [-0.05, 0) is 18.2 Å². The number of hydrogen-bond acceptors (Lipinski definition) is 4. The third-order valence-corrected chi connectivity index (χ3v) is 3.00. The van der Waals surface area contributed by atoms with Crippen molar-refractivity contribution in [3.8, 4) is 11.5 Å². The highest BCUT2D eigenvalue weighted by Gasteiger charge is 2.20. The molecule has 0 fully saturated rings. The third-order valence-electron chi connectivity index (χ3n) is 3.00. The Labute approximate surface area is 116 Å². The van der Waals surface area contributed by atoms with Crippen molar-refractivity contribution < 1.29 is 14.3 Å². The molecule has 0 spiro atoms. The topological polar surface area (TPSA) is 76.2 Å². The van der Waals surface area contributed by atoms with Gasteiger partial charge in [-0.3, -0.25) is 9.89 Å². The zero-order valence-corrected chi connectivity index (χ0v) is 10.8. The molecule has 1 aliphatic heterocycles. The van der Waals surface area contributed by atoms with Crippen molar-refractivity contribution in [3.63, 3.8) is 0 Å². The number of para-hydroxylation sites is 2. The number of carbonyl (C=O) groups is 1. The van der Waals surface area contributed by atoms with Gasteiger partial charge in [-0.15, -0.1) is 0 Å². The second-order valence-corrected chi connectivity index (χ2v) is 4.56. The van der Waals surface area contributed by atoms with E-state index in [-0.39, 0.29) is 18.4 Å². The Hall–Kier alpha value is -2.50. The standard InChI is InChI=1S/C14H15N3O3/c18-14(7-10-5-6-16-17-10)15-8-11-9-19-12-3-1-2-4-13(12)20-11/h1-6,11H,7-9H2,(H,15,18)(H,16,17). The maximum absolute atomic E-state index is 11.7. The molecule has 1 atom stereocenters. The van der Waals surface area contributed by atoms with Gasteiger partial charge in [-0.25, -0.2) is 0 Å². The van der Waals surface area contributed by atoms with Crippen LogP contribution in [0.3, 0.4) is 0 Å². The molecule has 6 heteroatoms. The van der Waals surface area contributed by atoms with Gasteiger partial charge in [-0.2, -0.15) is 5.10 Å². The first kappa shape index (κ1) is 12.5. The number of amides is 1. The van der Waals surface area contributed by atoms with Crippen LogP contribution in [0.5, 0.6) is 11.5 Å². The molecule has 1 amide bonds. The molecule has 20 heavy (non-hydrogen) atoms. The Balaban J connectivity index is 1.49. The van der Waals surface area contributed by atoms with E-state index in [1.165, 1.54) is 0 Å². The molecule has 2 heterocycles. The summed E-state index contributed by atoms with van der Waals surface area (Å²) in [7, 11) is 0. The van der Waals surface area contributed by atoms with Crippen molar-refractivity contribution in [2.24, 2.45) is 0 Å². The Morgan fingerprint density at radius 3 is 3.00 bits per heavy atom. The van der Waals surface area contributed by atoms with Crippen LogP contribution >= 0.6 is 0 Å². The molecule has 3 rings (SSSR count). The van der Waals surface area contributed by atoms with Crippen LogP contribution in [0.2, 0.25) is 0 Å². The normalized spacial score (nSPS) is 16.7. The molecule has 1 aliphatic rings. The monoisotopic (exact) mass is 273 g/mol. The highest BCUT2D eigenvalue weighted by Crippen LogP contribution is 2.30. The van der Waals surface area contributed by atoms with Gasteiger partial charge in [0.2, 0.25) is 5.91 Å². The van der Waals surface area contributed by atoms with Crippen LogP contribution in [0.4, 0.5) is 0 Å². The summed E-state index contributed by atoms with van der Waals surface area (Å²) in [5.41, 5.74) is 0.786. The lowest BCUT2D eigenvalue weighted by molar-refractivity contribution is -0.121. The number of carbonyl (C=O) groups excluding carboxylic acids is 1. The average Bonchev–Trinajstić information content (AvgIpc) is 2.98. The minimum Gasteiger partial charge on any atom is -0.486 e. The lowest BCUT2D eigenvalue weighted by atomic mass is 10.2. The zero-order chi connectivity index (χ0) is 13.8. The van der Waals surface area contributed by atoms with Crippen LogP contribution in [0, 0.1) is 0 Å². The van der Waals surface area contributed by atoms with Crippen molar-refractivity contribution >= 4 is 5.91 Å². The van der Waals surface area contributed by atoms with Gasteiger partial charge in [0.15, 0.2) is 11.5 Å². The van der Waals surface area contributed by atoms with Gasteiger partial charge in [0.05, 0.1) is 13.0 Å². The van der Waals surface area contributed by atoms with Gasteiger partial charge >= 0.3 is 0 Å². The van der Waals surface area contributed by atoms with E-state index in [9.17, 15) is 4.79 Å². The number of hydrogen-bond donors (Lipinski definition) is 2. The highest BCUT2D eigenvalue weighted by molar-refractivity contribution is 5.78. The quantitative estimate of drug-likeness (QED) is 0.868. The number of fused-ring (bicyclic) bond motifs is 1. The third kappa shape index (κ3) is 2.90. The predicted octanol–water partition coefficient (Wildman–Crippen LogP) is 0.908. The van der Waals surface area contributed by atoms with E-state index in [4.69, 9.17) is 9.47 Å². The van der Waals surface area contributed by atoms with Crippen LogP contribution in [0.25, 0.3) is 0 Å². The second-order valence-electron chi connectivity index (χ2n) is 4.56. The number of aromatic amines is 1. The first-order chi connectivity index (χ1) is 9.81. The summed E-state index contributed by atoms with van der Waals surface area (Å²) in [5.74, 6) is 1.39. The van der Waals surface area contributed by atoms with E-state index in [0.717, 1.165) is 11.4 Å². The Morgan fingerprint density at radius 2 is 2.20 bits per heavy atom. The van der Waals surface area contributed by atoms with Crippen molar-refractivity contribution in [2.75, 3.05) is 13.2 Å². The van der Waals surface area contributed by atoms with Crippen LogP contribution in [0.1, 0.15) is 5.69 Å². The fourth-order valence-corrected chi connectivity index (χ4v) is 2.01. The van der Waals surface area contributed by atoms with Gasteiger partial charge in [-0.1, -0.05) is 12.1 Å². The molecule has 1 aromatic heterocycles. The Kier molecular flexibility index (Phi) is 3.54. The number of nitrogens with zero attached hydrogens (tertiary/aromatic N) is 1. The highest BCUT2D eigenvalue weighted by atomic mass is 16.6. The average molecular weight is 273 g/mol. The van der Waals surface area contributed by atoms with Gasteiger partial charge in [0.1, 0.15) is 12.7 Å². The number of aromatic nitrogens is 2. The first-order valence-corrected chi connectivity index (χ1v) is 6.45. The number of benzene rings is 1. The maximum Gasteiger partial charge on any atom is 0.226 e. The van der Waals surface area contributed by atoms with Crippen LogP contribution in [-0.4, -0.2) is 35.4 Å². The van der Waals surface area contributed by atoms with E-state index in [2.05, 4.69) is 15.5 Å². The number of nitrogens with one attached hydrogen (secondary N) is 2. The maximum atomic E-state index is 11.7. The zero-order valence-electron chi connectivity index (χ0n) is 10.8. The van der Waals surface area contributed by atoms with E-state index in [1.807, 2.05) is 24.3 Å². The van der Waals surface area contributed by atoms with Crippen molar-refractivity contribution in [2.45, 2.75) is 12.5 Å². The van der Waals surface area contributed by atoms with E-state index in [1.54, 1.807) is 12.3 Å². The predicted molar refractivity (Wildman–Crippen MR) is 71.7 cm³/mol. The summed E-state index contributed by atoms with van der Waals surface area (Å²) in [6.45, 7) is 0.850. The van der Waals surface area contributed by atoms with Crippen LogP contribution < -0.4 is 14.8 Å². The summed E-state index contributed by atoms with van der Waals surface area (Å²) in [6.07, 6.45) is 1.73. The second kappa shape index (κ2) is 5.64. The minimum absolute atomic E-state index is 0.0725. The molecule has 0 saturated carbocycles. The van der Waals surface area contributed by atoms with E-state index < -0.39 is 0 Å². The Bertz CT molecular complexity index is 583. The molecule has 2 N–H and O–H groups in total. The lowest BCUT2D eigenvalue weighted by Crippen LogP contribution is -2.41. The summed E-state index contributed by atoms with van der Waals surface area (Å²) in [6, 6.07) is 9.28. The minimum atomic E-state index is -0.171. The summed E-state index contributed by atoms with van der Waals surface area (Å²) >= 11 is 0. The molecule has 0 bridgehead atoms. The fraction of sp³-hybridized carbons (Fsp3) is 0.286. The molecule has 0 saturated heterocycles. The van der Waals surface area contributed by atoms with Crippen molar-refractivity contribution in [1.82, 2.24) is 15.5 Å². The number of ether oxygens (including phenoxy) is 2. The largest absolute Gasteiger partial charge is 0.486 e. The SMILES string of the molecule is O=C(Cc1ccn[nH]1)NCC1COc2ccccc2O1. The molecule has 1 aromatic carbocycles. The molecule has 0 aliphatic carbocycles. The molecular weight excluding hydrogens is 258 g/mol. The summed E-state index contributed by atoms with van der Waals surface area (Å²) < 4.78 is 11.3. The first-order valence-electron chi connectivity index (χ1n) is 6.45. The molecule has 6 nitrogen and oxygen atoms in total. The fourth-order valence-electron chi connectivity index (χ4n) is 2.01. The van der Waals surface area contributed by atoms with E-state index >= 15 is 0 Å².